The Labute approximate surface area is 238 Å². The molecule has 0 atom stereocenters. The van der Waals surface area contributed by atoms with Crippen molar-refractivity contribution >= 4 is 29.7 Å². The van der Waals surface area contributed by atoms with Gasteiger partial charge < -0.3 is 9.88 Å². The summed E-state index contributed by atoms with van der Waals surface area (Å²) in [5.41, 5.74) is 4.34. The van der Waals surface area contributed by atoms with E-state index in [4.69, 9.17) is 4.98 Å². The predicted molar refractivity (Wildman–Crippen MR) is 166 cm³/mol. The number of carbonyl (C=O) groups excluding carboxylic acids is 1. The number of benzene rings is 2. The van der Waals surface area contributed by atoms with Crippen LogP contribution in [0.4, 0.5) is 4.79 Å². The van der Waals surface area contributed by atoms with Crippen LogP contribution in [-0.2, 0) is 0 Å². The summed E-state index contributed by atoms with van der Waals surface area (Å²) < 4.78 is 3.03. The molecule has 2 amide bonds. The molecule has 1 aromatic heterocycles. The molecule has 0 aliphatic rings. The molecular weight excluding hydrogens is 509 g/mol. The molecule has 38 heavy (non-hydrogen) atoms. The van der Waals surface area contributed by atoms with Gasteiger partial charge in [-0.3, -0.25) is 4.72 Å². The van der Waals surface area contributed by atoms with E-state index in [1.807, 2.05) is 17.0 Å². The van der Waals surface area contributed by atoms with Gasteiger partial charge in [-0.1, -0.05) is 118 Å². The number of amides is 2. The highest BCUT2D eigenvalue weighted by molar-refractivity contribution is 7.99. The lowest BCUT2D eigenvalue weighted by atomic mass is 10.1. The summed E-state index contributed by atoms with van der Waals surface area (Å²) in [6.45, 7) is 6.05. The van der Waals surface area contributed by atoms with E-state index in [1.54, 1.807) is 11.8 Å². The average molecular weight is 553 g/mol. The van der Waals surface area contributed by atoms with Gasteiger partial charge in [-0.15, -0.1) is 0 Å². The molecule has 0 radical (unpaired) electrons. The van der Waals surface area contributed by atoms with Crippen LogP contribution in [0.25, 0.3) is 22.5 Å². The molecule has 3 aromatic rings. The average Bonchev–Trinajstić information content (AvgIpc) is 3.39. The van der Waals surface area contributed by atoms with Crippen LogP contribution >= 0.6 is 23.7 Å². The molecule has 2 aromatic carbocycles. The molecule has 0 spiro atoms. The Hall–Kier alpha value is -2.38. The number of hydrogen-bond acceptors (Lipinski definition) is 4. The summed E-state index contributed by atoms with van der Waals surface area (Å²) in [4.78, 5) is 23.2. The molecule has 7 heteroatoms. The molecule has 1 heterocycles. The maximum absolute atomic E-state index is 12.7. The van der Waals surface area contributed by atoms with Crippen molar-refractivity contribution in [1.82, 2.24) is 19.6 Å². The van der Waals surface area contributed by atoms with Crippen LogP contribution in [0.15, 0.2) is 65.8 Å². The highest BCUT2D eigenvalue weighted by Gasteiger charge is 2.15. The first-order valence-corrected chi connectivity index (χ1v) is 16.2. The van der Waals surface area contributed by atoms with E-state index in [-0.39, 0.29) is 6.03 Å². The quantitative estimate of drug-likeness (QED) is 0.0939. The van der Waals surface area contributed by atoms with E-state index in [9.17, 15) is 4.79 Å². The van der Waals surface area contributed by atoms with Gasteiger partial charge in [-0.25, -0.2) is 9.78 Å². The minimum Gasteiger partial charge on any atom is -0.332 e. The Morgan fingerprint density at radius 1 is 0.789 bits per heavy atom. The van der Waals surface area contributed by atoms with E-state index in [2.05, 4.69) is 72.1 Å². The Bertz CT molecular complexity index is 986. The summed E-state index contributed by atoms with van der Waals surface area (Å²) >= 11 is 3.31. The van der Waals surface area contributed by atoms with Gasteiger partial charge in [0.2, 0.25) is 0 Å². The third kappa shape index (κ3) is 10.4. The van der Waals surface area contributed by atoms with E-state index >= 15 is 0 Å². The number of unbranched alkanes of at least 4 members (excludes halogenated alkanes) is 6. The van der Waals surface area contributed by atoms with Crippen molar-refractivity contribution in [2.75, 3.05) is 24.6 Å². The topological polar surface area (TPSA) is 61.0 Å². The number of nitrogens with one attached hydrogen (secondary N) is 2. The van der Waals surface area contributed by atoms with Crippen molar-refractivity contribution in [3.8, 4) is 22.5 Å². The monoisotopic (exact) mass is 552 g/mol. The van der Waals surface area contributed by atoms with Crippen molar-refractivity contribution in [3.63, 3.8) is 0 Å². The van der Waals surface area contributed by atoms with Gasteiger partial charge in [-0.05, 0) is 37.6 Å². The predicted octanol–water partition coefficient (Wildman–Crippen LogP) is 9.05. The second kappa shape index (κ2) is 18.0. The fourth-order valence-electron chi connectivity index (χ4n) is 4.29. The molecule has 0 saturated carbocycles. The Morgan fingerprint density at radius 2 is 1.42 bits per heavy atom. The molecule has 0 unspecified atom stereocenters. The summed E-state index contributed by atoms with van der Waals surface area (Å²) in [6, 6.07) is 20.9. The number of aromatic amines is 1. The van der Waals surface area contributed by atoms with Crippen LogP contribution in [0.2, 0.25) is 0 Å². The number of urea groups is 1. The molecule has 2 N–H and O–H groups in total. The number of carbonyl (C=O) groups is 1. The highest BCUT2D eigenvalue weighted by Crippen LogP contribution is 2.32. The molecule has 0 fully saturated rings. The van der Waals surface area contributed by atoms with Crippen LogP contribution in [0.5, 0.6) is 0 Å². The van der Waals surface area contributed by atoms with Gasteiger partial charge in [0.1, 0.15) is 0 Å². The molecule has 206 valence electrons. The van der Waals surface area contributed by atoms with Gasteiger partial charge in [0.25, 0.3) is 0 Å². The van der Waals surface area contributed by atoms with Gasteiger partial charge in [0.05, 0.1) is 11.4 Å². The first-order chi connectivity index (χ1) is 18.7. The maximum atomic E-state index is 12.7. The van der Waals surface area contributed by atoms with E-state index < -0.39 is 0 Å². The van der Waals surface area contributed by atoms with Crippen molar-refractivity contribution in [2.45, 2.75) is 76.8 Å². The van der Waals surface area contributed by atoms with E-state index in [0.29, 0.717) is 0 Å². The fraction of sp³-hybridized carbons (Fsp3) is 0.484. The van der Waals surface area contributed by atoms with Gasteiger partial charge in [0.15, 0.2) is 5.16 Å². The molecule has 3 rings (SSSR count). The Kier molecular flexibility index (Phi) is 14.3. The third-order valence-corrected chi connectivity index (χ3v) is 8.28. The van der Waals surface area contributed by atoms with Gasteiger partial charge >= 0.3 is 6.03 Å². The SMILES string of the molecule is CCCCCCCN(CCCCCSc1nc(-c2ccccc2)c(-c2ccccc2)[nH]1)C(=O)NSCCC. The minimum atomic E-state index is 0.0748. The zero-order valence-corrected chi connectivity index (χ0v) is 24.7. The third-order valence-electron chi connectivity index (χ3n) is 6.39. The number of hydrogen-bond donors (Lipinski definition) is 2. The lowest BCUT2D eigenvalue weighted by Gasteiger charge is -2.23. The molecule has 0 aliphatic carbocycles. The van der Waals surface area contributed by atoms with Crippen LogP contribution < -0.4 is 4.72 Å². The minimum absolute atomic E-state index is 0.0748. The van der Waals surface area contributed by atoms with Crippen LogP contribution in [0, 0.1) is 0 Å². The second-order valence-corrected chi connectivity index (χ2v) is 11.5. The standard InChI is InChI=1S/C31H44N4OS2/c1-3-5-6-7-15-22-35(31(36)34-38-24-4-2)23-16-10-17-25-37-30-32-28(26-18-11-8-12-19-26)29(33-30)27-20-13-9-14-21-27/h8-9,11-14,18-21H,3-7,10,15-17,22-25H2,1-2H3,(H,32,33)(H,34,36). The summed E-state index contributed by atoms with van der Waals surface area (Å²) in [7, 11) is 0. The molecular formula is C31H44N4OS2. The van der Waals surface area contributed by atoms with Crippen molar-refractivity contribution in [2.24, 2.45) is 0 Å². The summed E-state index contributed by atoms with van der Waals surface area (Å²) in [6.07, 6.45) is 10.4. The summed E-state index contributed by atoms with van der Waals surface area (Å²) in [5.74, 6) is 1.96. The van der Waals surface area contributed by atoms with Gasteiger partial charge in [-0.2, -0.15) is 0 Å². The molecule has 0 saturated heterocycles. The normalized spacial score (nSPS) is 11.0. The van der Waals surface area contributed by atoms with E-state index in [1.165, 1.54) is 37.6 Å². The number of aromatic nitrogens is 2. The summed E-state index contributed by atoms with van der Waals surface area (Å²) in [5, 5.41) is 0.962. The highest BCUT2D eigenvalue weighted by atomic mass is 32.2. The first-order valence-electron chi connectivity index (χ1n) is 14.2. The number of H-pyrrole nitrogens is 1. The first kappa shape index (κ1) is 30.2. The molecule has 0 bridgehead atoms. The number of rotatable bonds is 18. The van der Waals surface area contributed by atoms with Crippen LogP contribution in [-0.4, -0.2) is 45.5 Å². The van der Waals surface area contributed by atoms with Gasteiger partial charge in [0, 0.05) is 35.7 Å². The van der Waals surface area contributed by atoms with E-state index in [0.717, 1.165) is 84.4 Å². The largest absolute Gasteiger partial charge is 0.332 e. The van der Waals surface area contributed by atoms with Crippen LogP contribution in [0.3, 0.4) is 0 Å². The number of imidazole rings is 1. The zero-order valence-electron chi connectivity index (χ0n) is 23.1. The molecule has 0 aliphatic heterocycles. The van der Waals surface area contributed by atoms with Crippen molar-refractivity contribution in [1.29, 1.82) is 0 Å². The zero-order chi connectivity index (χ0) is 26.8. The molecule has 5 nitrogen and oxygen atoms in total. The van der Waals surface area contributed by atoms with Crippen molar-refractivity contribution < 1.29 is 4.79 Å². The smallest absolute Gasteiger partial charge is 0.327 e. The van der Waals surface area contributed by atoms with Crippen LogP contribution in [0.1, 0.15) is 71.6 Å². The lowest BCUT2D eigenvalue weighted by molar-refractivity contribution is 0.202. The maximum Gasteiger partial charge on any atom is 0.327 e. The Morgan fingerprint density at radius 3 is 2.08 bits per heavy atom. The lowest BCUT2D eigenvalue weighted by Crippen LogP contribution is -2.38. The van der Waals surface area contributed by atoms with Crippen molar-refractivity contribution in [3.05, 3.63) is 60.7 Å². The fourth-order valence-corrected chi connectivity index (χ4v) is 5.72. The second-order valence-electron chi connectivity index (χ2n) is 9.56. The Balaban J connectivity index is 1.47. The number of thioether (sulfide) groups is 1. The number of nitrogens with zero attached hydrogens (tertiary/aromatic N) is 2.